The van der Waals surface area contributed by atoms with Crippen LogP contribution in [-0.2, 0) is 6.54 Å². The van der Waals surface area contributed by atoms with Gasteiger partial charge in [-0.2, -0.15) is 0 Å². The van der Waals surface area contributed by atoms with E-state index in [2.05, 4.69) is 33.9 Å². The topological polar surface area (TPSA) is 31.1 Å². The Morgan fingerprint density at radius 1 is 1.22 bits per heavy atom. The number of benzene rings is 1. The van der Waals surface area contributed by atoms with Crippen molar-refractivity contribution in [3.05, 3.63) is 65.5 Å². The van der Waals surface area contributed by atoms with E-state index >= 15 is 0 Å². The summed E-state index contributed by atoms with van der Waals surface area (Å²) in [7, 11) is 0. The smallest absolute Gasteiger partial charge is 0.0406 e. The minimum Gasteiger partial charge on any atom is -0.385 e. The van der Waals surface area contributed by atoms with Gasteiger partial charge in [-0.25, -0.2) is 0 Å². The molecule has 0 saturated carbocycles. The normalized spacial score (nSPS) is 16.4. The second-order valence-electron chi connectivity index (χ2n) is 6.31. The molecular weight excluding hydrogens is 306 g/mol. The average Bonchev–Trinajstić information content (AvgIpc) is 3.11. The second-order valence-corrected chi connectivity index (χ2v) is 6.74. The molecule has 2 heterocycles. The number of halogens is 1. The summed E-state index contributed by atoms with van der Waals surface area (Å²) in [6.07, 6.45) is 6.38. The standard InChI is InChI=1S/C19H24ClN3/c1-15(18-6-9-21-13-18)22-12-16-7-10-23(11-8-16)14-17-2-4-19(20)5-3-17/h2-6,9,13,16,21-22H,1,7-8,10-12,14H2. The molecule has 2 aromatic rings. The molecule has 0 atom stereocenters. The summed E-state index contributed by atoms with van der Waals surface area (Å²) in [5.74, 6) is 0.729. The van der Waals surface area contributed by atoms with Crippen LogP contribution in [-0.4, -0.2) is 29.5 Å². The Balaban J connectivity index is 1.40. The van der Waals surface area contributed by atoms with Gasteiger partial charge in [-0.05, 0) is 55.6 Å². The maximum Gasteiger partial charge on any atom is 0.0406 e. The molecule has 1 aliphatic heterocycles. The van der Waals surface area contributed by atoms with E-state index in [4.69, 9.17) is 11.6 Å². The number of nitrogens with one attached hydrogen (secondary N) is 2. The monoisotopic (exact) mass is 329 g/mol. The van der Waals surface area contributed by atoms with E-state index in [0.717, 1.165) is 48.4 Å². The van der Waals surface area contributed by atoms with Gasteiger partial charge >= 0.3 is 0 Å². The fourth-order valence-corrected chi connectivity index (χ4v) is 3.20. The van der Waals surface area contributed by atoms with Gasteiger partial charge in [0.25, 0.3) is 0 Å². The van der Waals surface area contributed by atoms with Gasteiger partial charge in [0.2, 0.25) is 0 Å². The lowest BCUT2D eigenvalue weighted by Crippen LogP contribution is -2.36. The number of hydrogen-bond acceptors (Lipinski definition) is 2. The van der Waals surface area contributed by atoms with Crippen LogP contribution in [0.2, 0.25) is 5.02 Å². The van der Waals surface area contributed by atoms with E-state index in [1.807, 2.05) is 30.6 Å². The van der Waals surface area contributed by atoms with Crippen molar-refractivity contribution < 1.29 is 0 Å². The van der Waals surface area contributed by atoms with Crippen LogP contribution < -0.4 is 5.32 Å². The third-order valence-electron chi connectivity index (χ3n) is 4.58. The van der Waals surface area contributed by atoms with Crippen molar-refractivity contribution in [1.82, 2.24) is 15.2 Å². The number of hydrogen-bond donors (Lipinski definition) is 2. The van der Waals surface area contributed by atoms with Crippen LogP contribution in [0.4, 0.5) is 0 Å². The predicted octanol–water partition coefficient (Wildman–Crippen LogP) is 4.14. The number of H-pyrrole nitrogens is 1. The highest BCUT2D eigenvalue weighted by atomic mass is 35.5. The highest BCUT2D eigenvalue weighted by Crippen LogP contribution is 2.20. The number of likely N-dealkylation sites (tertiary alicyclic amines) is 1. The van der Waals surface area contributed by atoms with E-state index in [9.17, 15) is 0 Å². The molecule has 0 bridgehead atoms. The van der Waals surface area contributed by atoms with E-state index in [1.54, 1.807) is 0 Å². The molecule has 1 fully saturated rings. The van der Waals surface area contributed by atoms with Crippen LogP contribution >= 0.6 is 11.6 Å². The molecule has 2 N–H and O–H groups in total. The Labute approximate surface area is 143 Å². The van der Waals surface area contributed by atoms with Crippen LogP contribution in [0.25, 0.3) is 5.70 Å². The number of aromatic nitrogens is 1. The number of rotatable bonds is 6. The summed E-state index contributed by atoms with van der Waals surface area (Å²) in [4.78, 5) is 5.59. The summed E-state index contributed by atoms with van der Waals surface area (Å²) in [5.41, 5.74) is 3.49. The molecule has 3 nitrogen and oxygen atoms in total. The van der Waals surface area contributed by atoms with Crippen molar-refractivity contribution in [2.75, 3.05) is 19.6 Å². The summed E-state index contributed by atoms with van der Waals surface area (Å²) >= 11 is 5.94. The van der Waals surface area contributed by atoms with E-state index in [0.29, 0.717) is 0 Å². The van der Waals surface area contributed by atoms with Crippen molar-refractivity contribution in [3.8, 4) is 0 Å². The maximum absolute atomic E-state index is 5.94. The van der Waals surface area contributed by atoms with Gasteiger partial charge in [-0.1, -0.05) is 30.3 Å². The van der Waals surface area contributed by atoms with Gasteiger partial charge < -0.3 is 10.3 Å². The molecule has 0 amide bonds. The molecule has 3 rings (SSSR count). The Kier molecular flexibility index (Phi) is 5.42. The number of nitrogens with zero attached hydrogens (tertiary/aromatic N) is 1. The van der Waals surface area contributed by atoms with Gasteiger partial charge in [-0.15, -0.1) is 0 Å². The van der Waals surface area contributed by atoms with Crippen molar-refractivity contribution >= 4 is 17.3 Å². The fraction of sp³-hybridized carbons (Fsp3) is 0.368. The molecule has 0 spiro atoms. The van der Waals surface area contributed by atoms with Crippen molar-refractivity contribution in [2.45, 2.75) is 19.4 Å². The third-order valence-corrected chi connectivity index (χ3v) is 4.83. The second kappa shape index (κ2) is 7.71. The predicted molar refractivity (Wildman–Crippen MR) is 97.3 cm³/mol. The lowest BCUT2D eigenvalue weighted by atomic mass is 9.96. The van der Waals surface area contributed by atoms with Crippen molar-refractivity contribution in [2.24, 2.45) is 5.92 Å². The molecule has 0 aliphatic carbocycles. The first kappa shape index (κ1) is 16.2. The molecule has 1 aromatic carbocycles. The van der Waals surface area contributed by atoms with Gasteiger partial charge in [0.05, 0.1) is 0 Å². The highest BCUT2D eigenvalue weighted by molar-refractivity contribution is 6.30. The van der Waals surface area contributed by atoms with Gasteiger partial charge in [0.15, 0.2) is 0 Å². The summed E-state index contributed by atoms with van der Waals surface area (Å²) in [5, 5.41) is 4.28. The Morgan fingerprint density at radius 2 is 1.96 bits per heavy atom. The largest absolute Gasteiger partial charge is 0.385 e. The van der Waals surface area contributed by atoms with E-state index in [1.165, 1.54) is 18.4 Å². The van der Waals surface area contributed by atoms with Gasteiger partial charge in [0, 0.05) is 41.8 Å². The third kappa shape index (κ3) is 4.63. The van der Waals surface area contributed by atoms with E-state index in [-0.39, 0.29) is 0 Å². The molecule has 0 radical (unpaired) electrons. The van der Waals surface area contributed by atoms with Crippen LogP contribution in [0, 0.1) is 5.92 Å². The molecular formula is C19H24ClN3. The minimum absolute atomic E-state index is 0.729. The first-order valence-corrected chi connectivity index (χ1v) is 8.61. The lowest BCUT2D eigenvalue weighted by molar-refractivity contribution is 0.178. The van der Waals surface area contributed by atoms with Crippen molar-refractivity contribution in [3.63, 3.8) is 0 Å². The average molecular weight is 330 g/mol. The molecule has 1 aliphatic rings. The fourth-order valence-electron chi connectivity index (χ4n) is 3.08. The molecule has 0 unspecified atom stereocenters. The molecule has 1 saturated heterocycles. The SMILES string of the molecule is C=C(NCC1CCN(Cc2ccc(Cl)cc2)CC1)c1cc[nH]c1. The van der Waals surface area contributed by atoms with Crippen molar-refractivity contribution in [1.29, 1.82) is 0 Å². The minimum atomic E-state index is 0.729. The zero-order valence-electron chi connectivity index (χ0n) is 13.4. The highest BCUT2D eigenvalue weighted by Gasteiger charge is 2.19. The number of piperidine rings is 1. The zero-order valence-corrected chi connectivity index (χ0v) is 14.1. The Morgan fingerprint density at radius 3 is 2.61 bits per heavy atom. The van der Waals surface area contributed by atoms with Crippen LogP contribution in [0.15, 0.2) is 49.3 Å². The van der Waals surface area contributed by atoms with Gasteiger partial charge in [0.1, 0.15) is 0 Å². The molecule has 122 valence electrons. The van der Waals surface area contributed by atoms with Crippen LogP contribution in [0.5, 0.6) is 0 Å². The molecule has 1 aromatic heterocycles. The zero-order chi connectivity index (χ0) is 16.1. The first-order valence-electron chi connectivity index (χ1n) is 8.23. The summed E-state index contributed by atoms with van der Waals surface area (Å²) < 4.78 is 0. The summed E-state index contributed by atoms with van der Waals surface area (Å²) in [6.45, 7) is 8.46. The van der Waals surface area contributed by atoms with Gasteiger partial charge in [-0.3, -0.25) is 4.90 Å². The first-order chi connectivity index (χ1) is 11.2. The number of aromatic amines is 1. The molecule has 23 heavy (non-hydrogen) atoms. The lowest BCUT2D eigenvalue weighted by Gasteiger charge is -2.32. The quantitative estimate of drug-likeness (QED) is 0.834. The maximum atomic E-state index is 5.94. The van der Waals surface area contributed by atoms with E-state index < -0.39 is 0 Å². The van der Waals surface area contributed by atoms with Crippen LogP contribution in [0.1, 0.15) is 24.0 Å². The molecule has 4 heteroatoms. The van der Waals surface area contributed by atoms with Crippen LogP contribution in [0.3, 0.4) is 0 Å². The Bertz CT molecular complexity index is 611. The summed E-state index contributed by atoms with van der Waals surface area (Å²) in [6, 6.07) is 10.2. The Hall–Kier alpha value is -1.71.